The van der Waals surface area contributed by atoms with Gasteiger partial charge in [0.15, 0.2) is 0 Å². The number of nitrogens with zero attached hydrogens (tertiary/aromatic N) is 1. The van der Waals surface area contributed by atoms with E-state index in [-0.39, 0.29) is 17.9 Å². The van der Waals surface area contributed by atoms with Crippen LogP contribution in [0.1, 0.15) is 35.9 Å². The van der Waals surface area contributed by atoms with Gasteiger partial charge in [0.05, 0.1) is 6.04 Å². The van der Waals surface area contributed by atoms with Gasteiger partial charge >= 0.3 is 0 Å². The van der Waals surface area contributed by atoms with Crippen molar-refractivity contribution in [2.45, 2.75) is 19.9 Å². The van der Waals surface area contributed by atoms with Crippen molar-refractivity contribution < 1.29 is 4.79 Å². The molecule has 0 bridgehead atoms. The fourth-order valence-electron chi connectivity index (χ4n) is 2.07. The topological polar surface area (TPSA) is 42.0 Å². The summed E-state index contributed by atoms with van der Waals surface area (Å²) in [6.07, 6.45) is 1.60. The average Bonchev–Trinajstić information content (AvgIpc) is 2.46. The lowest BCUT2D eigenvalue weighted by atomic mass is 9.96. The Hall–Kier alpha value is -1.39. The highest BCUT2D eigenvalue weighted by molar-refractivity contribution is 9.10. The molecule has 2 rings (SSSR count). The van der Waals surface area contributed by atoms with Crippen LogP contribution in [-0.2, 0) is 0 Å². The summed E-state index contributed by atoms with van der Waals surface area (Å²) in [5.74, 6) is 0.0498. The van der Waals surface area contributed by atoms with Crippen LogP contribution in [0, 0.1) is 5.92 Å². The van der Waals surface area contributed by atoms with E-state index in [1.54, 1.807) is 18.3 Å². The zero-order chi connectivity index (χ0) is 15.4. The monoisotopic (exact) mass is 366 g/mol. The van der Waals surface area contributed by atoms with Crippen molar-refractivity contribution in [1.82, 2.24) is 10.3 Å². The van der Waals surface area contributed by atoms with E-state index in [0.717, 1.165) is 5.56 Å². The molecule has 0 radical (unpaired) electrons. The number of halogens is 2. The van der Waals surface area contributed by atoms with E-state index in [1.165, 1.54) is 0 Å². The van der Waals surface area contributed by atoms with Gasteiger partial charge in [-0.3, -0.25) is 4.79 Å². The van der Waals surface area contributed by atoms with Gasteiger partial charge in [-0.25, -0.2) is 4.98 Å². The molecule has 21 heavy (non-hydrogen) atoms. The van der Waals surface area contributed by atoms with Gasteiger partial charge < -0.3 is 5.32 Å². The molecule has 0 aliphatic carbocycles. The third kappa shape index (κ3) is 4.05. The standard InChI is InChI=1S/C16H16BrClN2O/c1-10(2)14(11-5-7-12(18)8-6-11)20-16(21)15-13(17)4-3-9-19-15/h3-10,14H,1-2H3,(H,20,21). The number of carbonyl (C=O) groups excluding carboxylic acids is 1. The number of rotatable bonds is 4. The van der Waals surface area contributed by atoms with Gasteiger partial charge in [-0.1, -0.05) is 37.6 Å². The van der Waals surface area contributed by atoms with Crippen molar-refractivity contribution in [1.29, 1.82) is 0 Å². The fraction of sp³-hybridized carbons (Fsp3) is 0.250. The van der Waals surface area contributed by atoms with Crippen LogP contribution in [0.2, 0.25) is 5.02 Å². The van der Waals surface area contributed by atoms with Crippen LogP contribution in [0.25, 0.3) is 0 Å². The smallest absolute Gasteiger partial charge is 0.271 e. The van der Waals surface area contributed by atoms with Crippen molar-refractivity contribution in [3.05, 3.63) is 63.3 Å². The first-order chi connectivity index (χ1) is 9.99. The summed E-state index contributed by atoms with van der Waals surface area (Å²) in [6.45, 7) is 4.13. The van der Waals surface area contributed by atoms with E-state index in [4.69, 9.17) is 11.6 Å². The summed E-state index contributed by atoms with van der Waals surface area (Å²) in [6, 6.07) is 11.0. The molecular weight excluding hydrogens is 352 g/mol. The van der Waals surface area contributed by atoms with E-state index >= 15 is 0 Å². The molecular formula is C16H16BrClN2O. The van der Waals surface area contributed by atoms with Crippen LogP contribution in [0.5, 0.6) is 0 Å². The molecule has 5 heteroatoms. The highest BCUT2D eigenvalue weighted by atomic mass is 79.9. The highest BCUT2D eigenvalue weighted by Gasteiger charge is 2.20. The van der Waals surface area contributed by atoms with Gasteiger partial charge in [0.1, 0.15) is 5.69 Å². The molecule has 1 unspecified atom stereocenters. The van der Waals surface area contributed by atoms with Crippen molar-refractivity contribution in [2.75, 3.05) is 0 Å². The number of hydrogen-bond donors (Lipinski definition) is 1. The minimum absolute atomic E-state index is 0.0938. The molecule has 0 saturated heterocycles. The van der Waals surface area contributed by atoms with Gasteiger partial charge in [-0.05, 0) is 51.7 Å². The number of amides is 1. The normalized spacial score (nSPS) is 12.2. The average molecular weight is 368 g/mol. The van der Waals surface area contributed by atoms with Crippen molar-refractivity contribution in [3.8, 4) is 0 Å². The maximum absolute atomic E-state index is 12.4. The van der Waals surface area contributed by atoms with Gasteiger partial charge in [0, 0.05) is 15.7 Å². The fourth-order valence-corrected chi connectivity index (χ4v) is 2.63. The first-order valence-corrected chi connectivity index (χ1v) is 7.83. The second-order valence-corrected chi connectivity index (χ2v) is 6.37. The second kappa shape index (κ2) is 7.05. The first kappa shape index (κ1) is 16.0. The Morgan fingerprint density at radius 3 is 2.48 bits per heavy atom. The van der Waals surface area contributed by atoms with Gasteiger partial charge in [0.2, 0.25) is 0 Å². The molecule has 0 saturated carbocycles. The molecule has 1 aromatic carbocycles. The molecule has 110 valence electrons. The van der Waals surface area contributed by atoms with E-state index in [9.17, 15) is 4.79 Å². The van der Waals surface area contributed by atoms with Crippen LogP contribution < -0.4 is 5.32 Å². The van der Waals surface area contributed by atoms with Crippen LogP contribution in [-0.4, -0.2) is 10.9 Å². The molecule has 3 nitrogen and oxygen atoms in total. The summed E-state index contributed by atoms with van der Waals surface area (Å²) < 4.78 is 0.682. The zero-order valence-corrected chi connectivity index (χ0v) is 14.1. The molecule has 1 heterocycles. The van der Waals surface area contributed by atoms with E-state index in [2.05, 4.69) is 40.1 Å². The largest absolute Gasteiger partial charge is 0.344 e. The molecule has 0 spiro atoms. The predicted molar refractivity (Wildman–Crippen MR) is 88.4 cm³/mol. The van der Waals surface area contributed by atoms with Crippen LogP contribution >= 0.6 is 27.5 Å². The lowest BCUT2D eigenvalue weighted by molar-refractivity contribution is 0.0919. The molecule has 1 N–H and O–H groups in total. The molecule has 2 aromatic rings. The Morgan fingerprint density at radius 2 is 1.90 bits per heavy atom. The summed E-state index contributed by atoms with van der Waals surface area (Å²) in [5.41, 5.74) is 1.41. The number of hydrogen-bond acceptors (Lipinski definition) is 2. The summed E-state index contributed by atoms with van der Waals surface area (Å²) in [5, 5.41) is 3.72. The van der Waals surface area contributed by atoms with Crippen molar-refractivity contribution in [3.63, 3.8) is 0 Å². The predicted octanol–water partition coefficient (Wildman–Crippen LogP) is 4.62. The Kier molecular flexibility index (Phi) is 5.37. The highest BCUT2D eigenvalue weighted by Crippen LogP contribution is 2.24. The molecule has 1 atom stereocenters. The van der Waals surface area contributed by atoms with Gasteiger partial charge in [-0.2, -0.15) is 0 Å². The summed E-state index contributed by atoms with van der Waals surface area (Å²) in [4.78, 5) is 16.5. The van der Waals surface area contributed by atoms with Crippen molar-refractivity contribution >= 4 is 33.4 Å². The van der Waals surface area contributed by atoms with Crippen LogP contribution in [0.15, 0.2) is 47.1 Å². The maximum Gasteiger partial charge on any atom is 0.271 e. The Labute approximate surface area is 137 Å². The van der Waals surface area contributed by atoms with E-state index in [0.29, 0.717) is 15.2 Å². The number of pyridine rings is 1. The van der Waals surface area contributed by atoms with Crippen LogP contribution in [0.4, 0.5) is 0 Å². The summed E-state index contributed by atoms with van der Waals surface area (Å²) in [7, 11) is 0. The van der Waals surface area contributed by atoms with Crippen LogP contribution in [0.3, 0.4) is 0 Å². The number of nitrogens with one attached hydrogen (secondary N) is 1. The second-order valence-electron chi connectivity index (χ2n) is 5.08. The SMILES string of the molecule is CC(C)C(NC(=O)c1ncccc1Br)c1ccc(Cl)cc1. The summed E-state index contributed by atoms with van der Waals surface area (Å²) >= 11 is 9.26. The lowest BCUT2D eigenvalue weighted by Gasteiger charge is -2.23. The number of benzene rings is 1. The van der Waals surface area contributed by atoms with Gasteiger partial charge in [-0.15, -0.1) is 0 Å². The molecule has 0 aliphatic rings. The van der Waals surface area contributed by atoms with E-state index < -0.39 is 0 Å². The Bertz CT molecular complexity index is 628. The van der Waals surface area contributed by atoms with Crippen molar-refractivity contribution in [2.24, 2.45) is 5.92 Å². The molecule has 1 amide bonds. The first-order valence-electron chi connectivity index (χ1n) is 6.66. The molecule has 0 fully saturated rings. The number of aromatic nitrogens is 1. The quantitative estimate of drug-likeness (QED) is 0.856. The minimum Gasteiger partial charge on any atom is -0.344 e. The Balaban J connectivity index is 2.23. The lowest BCUT2D eigenvalue weighted by Crippen LogP contribution is -2.32. The minimum atomic E-state index is -0.198. The van der Waals surface area contributed by atoms with Gasteiger partial charge in [0.25, 0.3) is 5.91 Å². The third-order valence-electron chi connectivity index (χ3n) is 3.16. The zero-order valence-electron chi connectivity index (χ0n) is 11.8. The molecule has 1 aromatic heterocycles. The Morgan fingerprint density at radius 1 is 1.24 bits per heavy atom. The maximum atomic E-state index is 12.4. The third-order valence-corrected chi connectivity index (χ3v) is 4.05. The number of carbonyl (C=O) groups is 1. The van der Waals surface area contributed by atoms with E-state index in [1.807, 2.05) is 24.3 Å². The molecule has 0 aliphatic heterocycles.